The molecular weight excluding hydrogens is 567 g/mol. The van der Waals surface area contributed by atoms with Crippen LogP contribution in [-0.2, 0) is 14.2 Å². The van der Waals surface area contributed by atoms with Crippen LogP contribution in [0.3, 0.4) is 0 Å². The number of hydrogen-bond acceptors (Lipinski definition) is 9. The number of carbonyl (C=O) groups excluding carboxylic acids is 1. The van der Waals surface area contributed by atoms with Gasteiger partial charge in [0.25, 0.3) is 5.91 Å². The fourth-order valence-corrected chi connectivity index (χ4v) is 6.07. The van der Waals surface area contributed by atoms with Gasteiger partial charge in [0.1, 0.15) is 23.6 Å². The summed E-state index contributed by atoms with van der Waals surface area (Å²) in [6, 6.07) is 6.39. The van der Waals surface area contributed by atoms with Crippen molar-refractivity contribution >= 4 is 11.7 Å². The first kappa shape index (κ1) is 31.4. The maximum Gasteiger partial charge on any atom is 0.573 e. The topological polar surface area (TPSA) is 107 Å². The van der Waals surface area contributed by atoms with E-state index < -0.39 is 6.36 Å². The normalized spacial score (nSPS) is 25.4. The third kappa shape index (κ3) is 8.34. The van der Waals surface area contributed by atoms with Gasteiger partial charge in [-0.3, -0.25) is 4.79 Å². The molecule has 1 aromatic carbocycles. The average Bonchev–Trinajstić information content (AvgIpc) is 3.01. The van der Waals surface area contributed by atoms with Gasteiger partial charge < -0.3 is 34.5 Å². The highest BCUT2D eigenvalue weighted by atomic mass is 19.4. The summed E-state index contributed by atoms with van der Waals surface area (Å²) in [5.41, 5.74) is 1.87. The van der Waals surface area contributed by atoms with Crippen LogP contribution in [0.5, 0.6) is 5.75 Å². The number of ether oxygens (including phenoxy) is 4. The second-order valence-electron chi connectivity index (χ2n) is 11.3. The number of piperidine rings is 1. The molecule has 13 heteroatoms. The molecule has 0 aliphatic carbocycles. The zero-order valence-corrected chi connectivity index (χ0v) is 24.6. The van der Waals surface area contributed by atoms with Gasteiger partial charge in [0.15, 0.2) is 0 Å². The van der Waals surface area contributed by atoms with Crippen LogP contribution in [0.25, 0.3) is 0 Å². The van der Waals surface area contributed by atoms with E-state index in [2.05, 4.69) is 25.3 Å². The molecule has 2 aromatic rings. The molecule has 10 nitrogen and oxygen atoms in total. The molecule has 3 aliphatic heterocycles. The van der Waals surface area contributed by atoms with Crippen molar-refractivity contribution < 1.29 is 36.9 Å². The first-order chi connectivity index (χ1) is 20.7. The Bertz CT molecular complexity index is 1210. The quantitative estimate of drug-likeness (QED) is 0.429. The van der Waals surface area contributed by atoms with E-state index in [0.29, 0.717) is 49.4 Å². The average molecular weight is 608 g/mol. The highest BCUT2D eigenvalue weighted by Crippen LogP contribution is 2.33. The lowest BCUT2D eigenvalue weighted by molar-refractivity contribution is -0.274. The standard InChI is InChI=1S/C30H40F3N5O5/c1-19-27(29(39)38-13-10-21(11-14-38)37-24-12-15-41-17-26(24)40-2)35-18-36-28(19)34-16-23-4-3-5-25(42-23)20-6-8-22(9-7-20)43-30(31,32)33/h6-9,18,21,23-26,37H,3-5,10-17H2,1-2H3,(H,34,35,36)/t23-,24-,25+,26+/m0/s1. The molecule has 2 N–H and O–H groups in total. The molecule has 1 aromatic heterocycles. The molecular formula is C30H40F3N5O5. The maximum absolute atomic E-state index is 13.4. The molecule has 0 saturated carbocycles. The van der Waals surface area contributed by atoms with Gasteiger partial charge in [-0.25, -0.2) is 9.97 Å². The number of halogens is 3. The van der Waals surface area contributed by atoms with Crippen LogP contribution in [-0.4, -0.2) is 91.4 Å². The molecule has 43 heavy (non-hydrogen) atoms. The highest BCUT2D eigenvalue weighted by molar-refractivity contribution is 5.94. The Morgan fingerprint density at radius 2 is 1.86 bits per heavy atom. The van der Waals surface area contributed by atoms with Crippen LogP contribution in [0.15, 0.2) is 30.6 Å². The van der Waals surface area contributed by atoms with Gasteiger partial charge in [-0.15, -0.1) is 13.2 Å². The van der Waals surface area contributed by atoms with Crippen LogP contribution >= 0.6 is 0 Å². The molecule has 1 amide bonds. The molecule has 4 atom stereocenters. The third-order valence-corrected chi connectivity index (χ3v) is 8.46. The summed E-state index contributed by atoms with van der Waals surface area (Å²) in [4.78, 5) is 24.0. The molecule has 0 spiro atoms. The van der Waals surface area contributed by atoms with Crippen LogP contribution < -0.4 is 15.4 Å². The Morgan fingerprint density at radius 1 is 1.09 bits per heavy atom. The minimum absolute atomic E-state index is 0.0428. The maximum atomic E-state index is 13.4. The van der Waals surface area contributed by atoms with E-state index in [4.69, 9.17) is 14.2 Å². The van der Waals surface area contributed by atoms with Gasteiger partial charge >= 0.3 is 6.36 Å². The number of hydrogen-bond donors (Lipinski definition) is 2. The van der Waals surface area contributed by atoms with Crippen LogP contribution in [0.2, 0.25) is 0 Å². The summed E-state index contributed by atoms with van der Waals surface area (Å²) in [5.74, 6) is 0.222. The zero-order valence-electron chi connectivity index (χ0n) is 24.6. The first-order valence-electron chi connectivity index (χ1n) is 14.9. The lowest BCUT2D eigenvalue weighted by atomic mass is 9.98. The van der Waals surface area contributed by atoms with Crippen molar-refractivity contribution in [2.24, 2.45) is 0 Å². The van der Waals surface area contributed by atoms with Crippen molar-refractivity contribution in [3.05, 3.63) is 47.4 Å². The number of rotatable bonds is 9. The number of nitrogens with zero attached hydrogens (tertiary/aromatic N) is 3. The van der Waals surface area contributed by atoms with Gasteiger partial charge in [-0.1, -0.05) is 12.1 Å². The summed E-state index contributed by atoms with van der Waals surface area (Å²) in [7, 11) is 1.71. The van der Waals surface area contributed by atoms with Crippen LogP contribution in [0.1, 0.15) is 66.2 Å². The number of methoxy groups -OCH3 is 1. The minimum atomic E-state index is -4.73. The van der Waals surface area contributed by atoms with E-state index in [1.165, 1.54) is 18.5 Å². The lowest BCUT2D eigenvalue weighted by Gasteiger charge is -2.38. The summed E-state index contributed by atoms with van der Waals surface area (Å²) in [5, 5.41) is 7.04. The first-order valence-corrected chi connectivity index (χ1v) is 14.9. The number of carbonyl (C=O) groups is 1. The number of anilines is 1. The molecule has 3 aliphatic rings. The number of benzene rings is 1. The van der Waals surface area contributed by atoms with Gasteiger partial charge in [-0.05, 0) is 63.1 Å². The number of aromatic nitrogens is 2. The summed E-state index contributed by atoms with van der Waals surface area (Å²) in [6.07, 6.45) is 1.50. The monoisotopic (exact) mass is 607 g/mol. The van der Waals surface area contributed by atoms with Crippen molar-refractivity contribution in [1.82, 2.24) is 20.2 Å². The number of amides is 1. The zero-order chi connectivity index (χ0) is 30.4. The van der Waals surface area contributed by atoms with E-state index in [0.717, 1.165) is 50.7 Å². The highest BCUT2D eigenvalue weighted by Gasteiger charge is 2.33. The summed E-state index contributed by atoms with van der Waals surface area (Å²) < 4.78 is 58.8. The third-order valence-electron chi connectivity index (χ3n) is 8.46. The van der Waals surface area contributed by atoms with Gasteiger partial charge in [-0.2, -0.15) is 0 Å². The largest absolute Gasteiger partial charge is 0.573 e. The van der Waals surface area contributed by atoms with Gasteiger partial charge in [0.05, 0.1) is 24.9 Å². The number of alkyl halides is 3. The Hall–Kier alpha value is -3.00. The molecule has 4 heterocycles. The van der Waals surface area contributed by atoms with Crippen molar-refractivity contribution in [2.75, 3.05) is 45.3 Å². The molecule has 0 bridgehead atoms. The Morgan fingerprint density at radius 3 is 2.58 bits per heavy atom. The number of likely N-dealkylation sites (tertiary alicyclic amines) is 1. The molecule has 236 valence electrons. The van der Waals surface area contributed by atoms with Crippen molar-refractivity contribution in [2.45, 2.75) is 82.2 Å². The van der Waals surface area contributed by atoms with Crippen LogP contribution in [0.4, 0.5) is 19.0 Å². The lowest BCUT2D eigenvalue weighted by Crippen LogP contribution is -2.54. The molecule has 5 rings (SSSR count). The van der Waals surface area contributed by atoms with E-state index >= 15 is 0 Å². The predicted octanol–water partition coefficient (Wildman–Crippen LogP) is 4.40. The van der Waals surface area contributed by atoms with Crippen LogP contribution in [0, 0.1) is 6.92 Å². The number of nitrogens with one attached hydrogen (secondary N) is 2. The smallest absolute Gasteiger partial charge is 0.406 e. The molecule has 3 fully saturated rings. The summed E-state index contributed by atoms with van der Waals surface area (Å²) >= 11 is 0. The van der Waals surface area contributed by atoms with Crippen molar-refractivity contribution in [1.29, 1.82) is 0 Å². The summed E-state index contributed by atoms with van der Waals surface area (Å²) in [6.45, 7) is 4.93. The second-order valence-corrected chi connectivity index (χ2v) is 11.3. The van der Waals surface area contributed by atoms with E-state index in [-0.39, 0.29) is 36.0 Å². The molecule has 0 unspecified atom stereocenters. The molecule has 3 saturated heterocycles. The second kappa shape index (κ2) is 14.2. The van der Waals surface area contributed by atoms with Gasteiger partial charge in [0, 0.05) is 51.0 Å². The minimum Gasteiger partial charge on any atom is -0.406 e. The Balaban J connectivity index is 1.12. The SMILES string of the molecule is CO[C@@H]1COCC[C@@H]1NC1CCN(C(=O)c2ncnc(NC[C@@H]3CCC[C@H](c4ccc(OC(F)(F)F)cc4)O3)c2C)CC1. The Labute approximate surface area is 249 Å². The fourth-order valence-electron chi connectivity index (χ4n) is 6.07. The van der Waals surface area contributed by atoms with E-state index in [1.807, 2.05) is 11.8 Å². The van der Waals surface area contributed by atoms with E-state index in [1.54, 1.807) is 19.2 Å². The Kier molecular flexibility index (Phi) is 10.4. The van der Waals surface area contributed by atoms with Crippen molar-refractivity contribution in [3.63, 3.8) is 0 Å². The van der Waals surface area contributed by atoms with Crippen molar-refractivity contribution in [3.8, 4) is 5.75 Å². The van der Waals surface area contributed by atoms with E-state index in [9.17, 15) is 18.0 Å². The molecule has 0 radical (unpaired) electrons. The van der Waals surface area contributed by atoms with Gasteiger partial charge in [0.2, 0.25) is 0 Å². The predicted molar refractivity (Wildman–Crippen MR) is 152 cm³/mol. The fraction of sp³-hybridized carbons (Fsp3) is 0.633.